The molecule has 0 unspecified atom stereocenters. The molecule has 0 amide bonds. The monoisotopic (exact) mass is 515 g/mol. The molecule has 2 aromatic carbocycles. The Hall–Kier alpha value is -2.42. The van der Waals surface area contributed by atoms with Gasteiger partial charge in [-0.05, 0) is 30.7 Å². The highest BCUT2D eigenvalue weighted by Crippen LogP contribution is 2.30. The van der Waals surface area contributed by atoms with E-state index in [9.17, 15) is 4.79 Å². The smallest absolute Gasteiger partial charge is 0.310 e. The maximum Gasteiger partial charge on any atom is 0.310 e. The highest BCUT2D eigenvalue weighted by Gasteiger charge is 2.30. The molecule has 0 radical (unpaired) electrons. The average molecular weight is 516 g/mol. The summed E-state index contributed by atoms with van der Waals surface area (Å²) < 4.78 is 19.7. The Morgan fingerprint density at radius 3 is 2.79 bits per heavy atom. The maximum atomic E-state index is 12.1. The van der Waals surface area contributed by atoms with Crippen LogP contribution < -0.4 is 4.74 Å². The average Bonchev–Trinajstić information content (AvgIpc) is 3.13. The van der Waals surface area contributed by atoms with Crippen LogP contribution in [-0.4, -0.2) is 60.6 Å². The van der Waals surface area contributed by atoms with E-state index in [1.54, 1.807) is 7.11 Å². The largest absolute Gasteiger partial charge is 0.487 e. The summed E-state index contributed by atoms with van der Waals surface area (Å²) in [6.07, 6.45) is 0.997. The van der Waals surface area contributed by atoms with Gasteiger partial charge < -0.3 is 14.2 Å². The van der Waals surface area contributed by atoms with Gasteiger partial charge in [0.15, 0.2) is 0 Å². The zero-order valence-electron chi connectivity index (χ0n) is 19.1. The van der Waals surface area contributed by atoms with E-state index < -0.39 is 0 Å². The van der Waals surface area contributed by atoms with Gasteiger partial charge in [0, 0.05) is 42.2 Å². The molecule has 3 aromatic rings. The van der Waals surface area contributed by atoms with Crippen molar-refractivity contribution < 1.29 is 19.0 Å². The molecule has 4 rings (SSSR count). The molecule has 33 heavy (non-hydrogen) atoms. The van der Waals surface area contributed by atoms with Crippen molar-refractivity contribution in [1.82, 2.24) is 14.7 Å². The molecule has 7 nitrogen and oxygen atoms in total. The number of aromatic nitrogens is 2. The molecule has 1 fully saturated rings. The van der Waals surface area contributed by atoms with Crippen LogP contribution in [0.4, 0.5) is 0 Å². The molecule has 8 heteroatoms. The molecule has 0 spiro atoms. The molecule has 1 aliphatic heterocycles. The first-order chi connectivity index (χ1) is 16.1. The van der Waals surface area contributed by atoms with Crippen LogP contribution in [0.1, 0.15) is 30.6 Å². The zero-order valence-corrected chi connectivity index (χ0v) is 20.7. The summed E-state index contributed by atoms with van der Waals surface area (Å²) in [4.78, 5) is 14.5. The first-order valence-corrected chi connectivity index (χ1v) is 12.1. The van der Waals surface area contributed by atoms with Gasteiger partial charge in [0.05, 0.1) is 31.2 Å². The number of ether oxygens (including phenoxy) is 3. The van der Waals surface area contributed by atoms with Crippen molar-refractivity contribution in [3.05, 3.63) is 58.2 Å². The third-order valence-corrected chi connectivity index (χ3v) is 6.27. The van der Waals surface area contributed by atoms with Crippen molar-refractivity contribution >= 4 is 32.8 Å². The maximum absolute atomic E-state index is 12.1. The summed E-state index contributed by atoms with van der Waals surface area (Å²) in [5.74, 6) is 0.438. The minimum Gasteiger partial charge on any atom is -0.487 e. The summed E-state index contributed by atoms with van der Waals surface area (Å²) in [7, 11) is 1.73. The zero-order chi connectivity index (χ0) is 23.2. The molecule has 0 aliphatic carbocycles. The molecule has 0 N–H and O–H groups in total. The molecule has 0 atom stereocenters. The highest BCUT2D eigenvalue weighted by atomic mass is 79.9. The second kappa shape index (κ2) is 11.1. The van der Waals surface area contributed by atoms with Gasteiger partial charge in [-0.25, -0.2) is 0 Å². The number of esters is 1. The van der Waals surface area contributed by atoms with Crippen LogP contribution in [0.2, 0.25) is 0 Å². The number of halogens is 1. The number of nitrogens with zero attached hydrogens (tertiary/aromatic N) is 3. The summed E-state index contributed by atoms with van der Waals surface area (Å²) in [5, 5.41) is 6.00. The Morgan fingerprint density at radius 2 is 2.00 bits per heavy atom. The van der Waals surface area contributed by atoms with Gasteiger partial charge >= 0.3 is 5.97 Å². The van der Waals surface area contributed by atoms with Crippen molar-refractivity contribution in [3.8, 4) is 5.75 Å². The Bertz CT molecular complexity index is 1090. The van der Waals surface area contributed by atoms with Crippen molar-refractivity contribution in [1.29, 1.82) is 0 Å². The topological polar surface area (TPSA) is 65.8 Å². The quantitative estimate of drug-likeness (QED) is 0.353. The van der Waals surface area contributed by atoms with Crippen molar-refractivity contribution in [2.75, 3.05) is 40.0 Å². The van der Waals surface area contributed by atoms with E-state index in [-0.39, 0.29) is 12.4 Å². The predicted octanol–water partition coefficient (Wildman–Crippen LogP) is 4.38. The van der Waals surface area contributed by atoms with Crippen molar-refractivity contribution in [2.45, 2.75) is 32.4 Å². The molecule has 2 heterocycles. The van der Waals surface area contributed by atoms with Crippen LogP contribution in [0.25, 0.3) is 10.9 Å². The standard InChI is InChI=1S/C25H30BrN3O4/c1-3-11-32-25(30)13-18-6-4-5-7-24(18)33-17-22-21-14-19(26)8-9-23(21)29(27-22)20-15-28(16-20)10-12-31-2/h4-9,14,20H,3,10-13,15-17H2,1-2H3. The fourth-order valence-corrected chi connectivity index (χ4v) is 4.38. The van der Waals surface area contributed by atoms with Crippen LogP contribution in [-0.2, 0) is 27.3 Å². The first kappa shape index (κ1) is 23.7. The fourth-order valence-electron chi connectivity index (χ4n) is 4.02. The third kappa shape index (κ3) is 5.75. The molecule has 1 aromatic heterocycles. The lowest BCUT2D eigenvalue weighted by Gasteiger charge is -2.39. The number of hydrogen-bond donors (Lipinski definition) is 0. The molecule has 1 saturated heterocycles. The fraction of sp³-hybridized carbons (Fsp3) is 0.440. The number of methoxy groups -OCH3 is 1. The number of fused-ring (bicyclic) bond motifs is 1. The first-order valence-electron chi connectivity index (χ1n) is 11.3. The van der Waals surface area contributed by atoms with Crippen molar-refractivity contribution in [3.63, 3.8) is 0 Å². The van der Waals surface area contributed by atoms with E-state index in [1.807, 2.05) is 37.3 Å². The van der Waals surface area contributed by atoms with Crippen molar-refractivity contribution in [2.24, 2.45) is 0 Å². The summed E-state index contributed by atoms with van der Waals surface area (Å²) >= 11 is 3.59. The van der Waals surface area contributed by atoms with Gasteiger partial charge in [0.1, 0.15) is 18.1 Å². The van der Waals surface area contributed by atoms with Gasteiger partial charge in [0.2, 0.25) is 0 Å². The van der Waals surface area contributed by atoms with Crippen LogP contribution in [0.3, 0.4) is 0 Å². The van der Waals surface area contributed by atoms with E-state index >= 15 is 0 Å². The highest BCUT2D eigenvalue weighted by molar-refractivity contribution is 9.10. The number of likely N-dealkylation sites (tertiary alicyclic amines) is 1. The Labute approximate surface area is 202 Å². The lowest BCUT2D eigenvalue weighted by Crippen LogP contribution is -2.49. The normalized spacial score (nSPS) is 14.4. The van der Waals surface area contributed by atoms with E-state index in [0.717, 1.165) is 59.3 Å². The second-order valence-electron chi connectivity index (χ2n) is 8.25. The predicted molar refractivity (Wildman–Crippen MR) is 131 cm³/mol. The van der Waals surface area contributed by atoms with Crippen LogP contribution in [0.5, 0.6) is 5.75 Å². The summed E-state index contributed by atoms with van der Waals surface area (Å²) in [6, 6.07) is 14.2. The lowest BCUT2D eigenvalue weighted by molar-refractivity contribution is -0.142. The van der Waals surface area contributed by atoms with Gasteiger partial charge in [-0.1, -0.05) is 41.1 Å². The number of carbonyl (C=O) groups excluding carboxylic acids is 1. The number of para-hydroxylation sites is 1. The van der Waals surface area contributed by atoms with Crippen LogP contribution >= 0.6 is 15.9 Å². The lowest BCUT2D eigenvalue weighted by atomic mass is 10.1. The number of carbonyl (C=O) groups is 1. The molecule has 176 valence electrons. The minimum atomic E-state index is -0.241. The third-order valence-electron chi connectivity index (χ3n) is 5.78. The van der Waals surface area contributed by atoms with Crippen LogP contribution in [0, 0.1) is 0 Å². The van der Waals surface area contributed by atoms with E-state index in [1.165, 1.54) is 0 Å². The Morgan fingerprint density at radius 1 is 1.18 bits per heavy atom. The minimum absolute atomic E-state index is 0.191. The SMILES string of the molecule is CCCOC(=O)Cc1ccccc1OCc1nn(C2CN(CCOC)C2)c2ccc(Br)cc12. The Kier molecular flexibility index (Phi) is 8.01. The van der Waals surface area contributed by atoms with Crippen LogP contribution in [0.15, 0.2) is 46.9 Å². The van der Waals surface area contributed by atoms with Gasteiger partial charge in [-0.15, -0.1) is 0 Å². The molecule has 0 bridgehead atoms. The van der Waals surface area contributed by atoms with E-state index in [0.29, 0.717) is 25.0 Å². The van der Waals surface area contributed by atoms with E-state index in [2.05, 4.69) is 37.6 Å². The Balaban J connectivity index is 1.50. The summed E-state index contributed by atoms with van der Waals surface area (Å²) in [5.41, 5.74) is 2.80. The molecular weight excluding hydrogens is 486 g/mol. The number of rotatable bonds is 11. The van der Waals surface area contributed by atoms with E-state index in [4.69, 9.17) is 19.3 Å². The molecule has 1 aliphatic rings. The number of hydrogen-bond acceptors (Lipinski definition) is 6. The molecular formula is C25H30BrN3O4. The van der Waals surface area contributed by atoms with Gasteiger partial charge in [0.25, 0.3) is 0 Å². The van der Waals surface area contributed by atoms with Gasteiger partial charge in [-0.2, -0.15) is 5.10 Å². The van der Waals surface area contributed by atoms with Gasteiger partial charge in [-0.3, -0.25) is 14.4 Å². The summed E-state index contributed by atoms with van der Waals surface area (Å²) in [6.45, 7) is 6.33. The number of benzene rings is 2. The second-order valence-corrected chi connectivity index (χ2v) is 9.17. The molecule has 0 saturated carbocycles.